The summed E-state index contributed by atoms with van der Waals surface area (Å²) in [6.07, 6.45) is 3.68. The van der Waals surface area contributed by atoms with Crippen LogP contribution >= 0.6 is 0 Å². The molecule has 0 radical (unpaired) electrons. The molecular weight excluding hydrogens is 290 g/mol. The molecule has 0 aliphatic carbocycles. The first-order valence-electron chi connectivity index (χ1n) is 8.10. The van der Waals surface area contributed by atoms with E-state index in [9.17, 15) is 0 Å². The summed E-state index contributed by atoms with van der Waals surface area (Å²) in [4.78, 5) is 11.3. The first kappa shape index (κ1) is 15.7. The summed E-state index contributed by atoms with van der Waals surface area (Å²) in [7, 11) is 0. The maximum Gasteiger partial charge on any atom is 0.237 e. The molecule has 0 spiro atoms. The molecule has 1 aliphatic heterocycles. The number of rotatable bonds is 4. The van der Waals surface area contributed by atoms with Crippen molar-refractivity contribution >= 4 is 5.69 Å². The van der Waals surface area contributed by atoms with Crippen molar-refractivity contribution in [1.29, 1.82) is 0 Å². The molecule has 1 aliphatic rings. The average molecular weight is 313 g/mol. The third-order valence-corrected chi connectivity index (χ3v) is 4.11. The fraction of sp³-hybridized carbons (Fsp3) is 0.444. The highest BCUT2D eigenvalue weighted by Crippen LogP contribution is 2.33. The van der Waals surface area contributed by atoms with Crippen LogP contribution in [0.3, 0.4) is 0 Å². The van der Waals surface area contributed by atoms with Crippen LogP contribution in [-0.4, -0.2) is 42.4 Å². The van der Waals surface area contributed by atoms with E-state index in [-0.39, 0.29) is 0 Å². The van der Waals surface area contributed by atoms with Gasteiger partial charge in [0.15, 0.2) is 0 Å². The topological polar surface area (TPSA) is 47.5 Å². The summed E-state index contributed by atoms with van der Waals surface area (Å²) in [5, 5.41) is 0. The molecule has 0 N–H and O–H groups in total. The predicted octanol–water partition coefficient (Wildman–Crippen LogP) is 3.08. The van der Waals surface area contributed by atoms with Crippen LogP contribution in [0.25, 0.3) is 11.1 Å². The van der Waals surface area contributed by atoms with Gasteiger partial charge < -0.3 is 14.4 Å². The van der Waals surface area contributed by atoms with Crippen molar-refractivity contribution in [3.8, 4) is 17.0 Å². The van der Waals surface area contributed by atoms with Crippen LogP contribution in [-0.2, 0) is 4.74 Å². The van der Waals surface area contributed by atoms with Gasteiger partial charge in [-0.3, -0.25) is 4.98 Å². The lowest BCUT2D eigenvalue weighted by Crippen LogP contribution is -2.44. The smallest absolute Gasteiger partial charge is 0.237 e. The molecule has 0 bridgehead atoms. The van der Waals surface area contributed by atoms with Gasteiger partial charge in [0.2, 0.25) is 5.88 Å². The number of ether oxygens (including phenoxy) is 2. The van der Waals surface area contributed by atoms with Gasteiger partial charge in [0.25, 0.3) is 0 Å². The Morgan fingerprint density at radius 3 is 3.00 bits per heavy atom. The zero-order valence-electron chi connectivity index (χ0n) is 14.0. The number of hydrogen-bond donors (Lipinski definition) is 0. The molecular formula is C18H23N3O2. The fourth-order valence-corrected chi connectivity index (χ4v) is 2.92. The minimum absolute atomic E-state index is 0.301. The molecule has 1 saturated heterocycles. The zero-order chi connectivity index (χ0) is 16.2. The van der Waals surface area contributed by atoms with Crippen molar-refractivity contribution in [2.75, 3.05) is 31.3 Å². The SMILES string of the molecule is CCOc1ncc(-c2cccnc2C)cc1N1CCOCC1C. The number of nitrogens with zero attached hydrogens (tertiary/aromatic N) is 3. The second-order valence-corrected chi connectivity index (χ2v) is 5.73. The van der Waals surface area contributed by atoms with Crippen LogP contribution in [0.2, 0.25) is 0 Å². The number of morpholine rings is 1. The quantitative estimate of drug-likeness (QED) is 0.868. The van der Waals surface area contributed by atoms with Gasteiger partial charge in [-0.1, -0.05) is 6.07 Å². The maximum absolute atomic E-state index is 5.75. The Morgan fingerprint density at radius 2 is 2.26 bits per heavy atom. The molecule has 0 saturated carbocycles. The van der Waals surface area contributed by atoms with E-state index in [1.54, 1.807) is 0 Å². The fourth-order valence-electron chi connectivity index (χ4n) is 2.92. The van der Waals surface area contributed by atoms with E-state index in [4.69, 9.17) is 9.47 Å². The Bertz CT molecular complexity index is 675. The van der Waals surface area contributed by atoms with Crippen LogP contribution in [0.5, 0.6) is 5.88 Å². The molecule has 23 heavy (non-hydrogen) atoms. The Balaban J connectivity index is 2.04. The molecule has 122 valence electrons. The van der Waals surface area contributed by atoms with Crippen molar-refractivity contribution in [2.24, 2.45) is 0 Å². The highest BCUT2D eigenvalue weighted by molar-refractivity contribution is 5.71. The van der Waals surface area contributed by atoms with E-state index < -0.39 is 0 Å². The van der Waals surface area contributed by atoms with Crippen LogP contribution in [0.1, 0.15) is 19.5 Å². The third kappa shape index (κ3) is 3.29. The minimum atomic E-state index is 0.301. The Morgan fingerprint density at radius 1 is 1.39 bits per heavy atom. The first-order valence-corrected chi connectivity index (χ1v) is 8.10. The molecule has 1 unspecified atom stereocenters. The van der Waals surface area contributed by atoms with Gasteiger partial charge in [0, 0.05) is 41.8 Å². The van der Waals surface area contributed by atoms with E-state index in [1.807, 2.05) is 32.3 Å². The molecule has 2 aromatic rings. The van der Waals surface area contributed by atoms with Crippen molar-refractivity contribution in [1.82, 2.24) is 9.97 Å². The van der Waals surface area contributed by atoms with Gasteiger partial charge in [-0.2, -0.15) is 0 Å². The summed E-state index contributed by atoms with van der Waals surface area (Å²) >= 11 is 0. The standard InChI is InChI=1S/C18H23N3O2/c1-4-23-18-17(21-8-9-22-12-13(21)2)10-15(11-20-18)16-6-5-7-19-14(16)3/h5-7,10-11,13H,4,8-9,12H2,1-3H3. The van der Waals surface area contributed by atoms with Gasteiger partial charge in [-0.25, -0.2) is 4.98 Å². The summed E-state index contributed by atoms with van der Waals surface area (Å²) in [5.74, 6) is 0.687. The summed E-state index contributed by atoms with van der Waals surface area (Å²) in [6, 6.07) is 6.49. The molecule has 3 heterocycles. The summed E-state index contributed by atoms with van der Waals surface area (Å²) in [5.41, 5.74) is 4.20. The van der Waals surface area contributed by atoms with Crippen molar-refractivity contribution in [2.45, 2.75) is 26.8 Å². The normalized spacial score (nSPS) is 18.0. The molecule has 1 fully saturated rings. The van der Waals surface area contributed by atoms with Crippen LogP contribution in [0.4, 0.5) is 5.69 Å². The lowest BCUT2D eigenvalue weighted by molar-refractivity contribution is 0.0985. The molecule has 5 nitrogen and oxygen atoms in total. The van der Waals surface area contributed by atoms with E-state index in [1.165, 1.54) is 0 Å². The van der Waals surface area contributed by atoms with Gasteiger partial charge in [0.05, 0.1) is 19.8 Å². The van der Waals surface area contributed by atoms with E-state index in [2.05, 4.69) is 33.9 Å². The third-order valence-electron chi connectivity index (χ3n) is 4.11. The molecule has 3 rings (SSSR count). The van der Waals surface area contributed by atoms with Crippen molar-refractivity contribution < 1.29 is 9.47 Å². The maximum atomic E-state index is 5.75. The lowest BCUT2D eigenvalue weighted by atomic mass is 10.1. The number of aryl methyl sites for hydroxylation is 1. The van der Waals surface area contributed by atoms with Gasteiger partial charge >= 0.3 is 0 Å². The lowest BCUT2D eigenvalue weighted by Gasteiger charge is -2.35. The summed E-state index contributed by atoms with van der Waals surface area (Å²) in [6.45, 7) is 9.06. The molecule has 0 amide bonds. The minimum Gasteiger partial charge on any atom is -0.476 e. The van der Waals surface area contributed by atoms with Crippen LogP contribution in [0.15, 0.2) is 30.6 Å². The first-order chi connectivity index (χ1) is 11.2. The average Bonchev–Trinajstić information content (AvgIpc) is 2.57. The Kier molecular flexibility index (Phi) is 4.76. The van der Waals surface area contributed by atoms with Gasteiger partial charge in [-0.15, -0.1) is 0 Å². The van der Waals surface area contributed by atoms with E-state index in [0.29, 0.717) is 18.5 Å². The predicted molar refractivity (Wildman–Crippen MR) is 91.0 cm³/mol. The molecule has 5 heteroatoms. The second-order valence-electron chi connectivity index (χ2n) is 5.73. The Hall–Kier alpha value is -2.14. The molecule has 2 aromatic heterocycles. The highest BCUT2D eigenvalue weighted by atomic mass is 16.5. The van der Waals surface area contributed by atoms with Crippen molar-refractivity contribution in [3.05, 3.63) is 36.3 Å². The zero-order valence-corrected chi connectivity index (χ0v) is 14.0. The van der Waals surface area contributed by atoms with Gasteiger partial charge in [-0.05, 0) is 32.9 Å². The number of anilines is 1. The number of hydrogen-bond acceptors (Lipinski definition) is 5. The monoisotopic (exact) mass is 313 g/mol. The van der Waals surface area contributed by atoms with Crippen LogP contribution < -0.4 is 9.64 Å². The second kappa shape index (κ2) is 6.96. The van der Waals surface area contributed by atoms with Crippen molar-refractivity contribution in [3.63, 3.8) is 0 Å². The summed E-state index contributed by atoms with van der Waals surface area (Å²) < 4.78 is 11.3. The molecule has 0 aromatic carbocycles. The Labute approximate surface area is 137 Å². The highest BCUT2D eigenvalue weighted by Gasteiger charge is 2.23. The number of pyridine rings is 2. The van der Waals surface area contributed by atoms with Gasteiger partial charge in [0.1, 0.15) is 5.69 Å². The molecule has 1 atom stereocenters. The van der Waals surface area contributed by atoms with Crippen LogP contribution in [0, 0.1) is 6.92 Å². The largest absolute Gasteiger partial charge is 0.476 e. The number of aromatic nitrogens is 2. The van der Waals surface area contributed by atoms with E-state index >= 15 is 0 Å². The van der Waals surface area contributed by atoms with E-state index in [0.717, 1.165) is 42.3 Å².